The fraction of sp³-hybridized carbons (Fsp3) is 0.176. The topological polar surface area (TPSA) is 67.5 Å². The molecule has 0 aromatic heterocycles. The van der Waals surface area contributed by atoms with Gasteiger partial charge in [-0.1, -0.05) is 24.3 Å². The number of anilines is 1. The first kappa shape index (κ1) is 16.0. The number of alkyl halides is 1. The van der Waals surface area contributed by atoms with Crippen LogP contribution in [0.5, 0.6) is 0 Å². The van der Waals surface area contributed by atoms with Crippen molar-refractivity contribution in [3.63, 3.8) is 0 Å². The Morgan fingerprint density at radius 1 is 1.18 bits per heavy atom. The third-order valence-corrected chi connectivity index (χ3v) is 3.68. The summed E-state index contributed by atoms with van der Waals surface area (Å²) in [5.41, 5.74) is 9.56. The Kier molecular flexibility index (Phi) is 5.17. The van der Waals surface area contributed by atoms with Crippen LogP contribution in [0.25, 0.3) is 0 Å². The van der Waals surface area contributed by atoms with Crippen LogP contribution in [-0.2, 0) is 0 Å². The molecule has 0 unspecified atom stereocenters. The number of nitrogens with zero attached hydrogens (tertiary/aromatic N) is 1. The Labute approximate surface area is 135 Å². The lowest BCUT2D eigenvalue weighted by Gasteiger charge is -2.11. The zero-order valence-corrected chi connectivity index (χ0v) is 13.3. The molecular formula is C17H18ClN3O. The van der Waals surface area contributed by atoms with Gasteiger partial charge in [-0.3, -0.25) is 4.79 Å². The third-order valence-electron chi connectivity index (χ3n) is 3.40. The lowest BCUT2D eigenvalue weighted by Crippen LogP contribution is -2.15. The molecule has 5 heteroatoms. The Morgan fingerprint density at radius 2 is 1.91 bits per heavy atom. The van der Waals surface area contributed by atoms with Gasteiger partial charge >= 0.3 is 0 Å². The molecule has 0 heterocycles. The first-order chi connectivity index (χ1) is 10.5. The summed E-state index contributed by atoms with van der Waals surface area (Å²) in [6, 6.07) is 12.8. The summed E-state index contributed by atoms with van der Waals surface area (Å²) in [4.78, 5) is 16.7. The number of carbonyl (C=O) groups is 1. The predicted octanol–water partition coefficient (Wildman–Crippen LogP) is 3.78. The van der Waals surface area contributed by atoms with E-state index >= 15 is 0 Å². The van der Waals surface area contributed by atoms with E-state index in [1.165, 1.54) is 0 Å². The highest BCUT2D eigenvalue weighted by molar-refractivity contribution is 6.28. The first-order valence-electron chi connectivity index (χ1n) is 6.88. The second-order valence-corrected chi connectivity index (χ2v) is 5.22. The van der Waals surface area contributed by atoms with E-state index in [0.717, 1.165) is 16.8 Å². The molecule has 0 atom stereocenters. The monoisotopic (exact) mass is 315 g/mol. The van der Waals surface area contributed by atoms with Gasteiger partial charge in [-0.25, -0.2) is 4.99 Å². The smallest absolute Gasteiger partial charge is 0.257 e. The molecule has 22 heavy (non-hydrogen) atoms. The largest absolute Gasteiger partial charge is 0.386 e. The van der Waals surface area contributed by atoms with Crippen molar-refractivity contribution in [2.24, 2.45) is 10.7 Å². The number of benzene rings is 2. The van der Waals surface area contributed by atoms with Crippen molar-refractivity contribution in [2.75, 3.05) is 11.2 Å². The molecule has 0 saturated heterocycles. The highest BCUT2D eigenvalue weighted by Crippen LogP contribution is 2.23. The summed E-state index contributed by atoms with van der Waals surface area (Å²) < 4.78 is 0. The van der Waals surface area contributed by atoms with Gasteiger partial charge in [0, 0.05) is 5.69 Å². The molecule has 2 rings (SSSR count). The van der Waals surface area contributed by atoms with Gasteiger partial charge in [-0.2, -0.15) is 0 Å². The number of amides is 1. The van der Waals surface area contributed by atoms with Crippen LogP contribution < -0.4 is 11.1 Å². The van der Waals surface area contributed by atoms with E-state index in [0.29, 0.717) is 11.3 Å². The molecular weight excluding hydrogens is 298 g/mol. The van der Waals surface area contributed by atoms with E-state index in [1.807, 2.05) is 32.0 Å². The van der Waals surface area contributed by atoms with Gasteiger partial charge in [0.1, 0.15) is 5.84 Å². The molecule has 2 aromatic rings. The van der Waals surface area contributed by atoms with E-state index in [9.17, 15) is 4.79 Å². The molecule has 0 bridgehead atoms. The number of rotatable bonds is 4. The van der Waals surface area contributed by atoms with E-state index < -0.39 is 0 Å². The number of hydrogen-bond acceptors (Lipinski definition) is 2. The number of para-hydroxylation sites is 1. The second-order valence-electron chi connectivity index (χ2n) is 4.96. The quantitative estimate of drug-likeness (QED) is 0.512. The van der Waals surface area contributed by atoms with E-state index in [-0.39, 0.29) is 17.6 Å². The lowest BCUT2D eigenvalue weighted by molar-refractivity contribution is 0.102. The molecule has 0 radical (unpaired) electrons. The minimum absolute atomic E-state index is 0.118. The zero-order chi connectivity index (χ0) is 16.1. The molecule has 114 valence electrons. The van der Waals surface area contributed by atoms with Crippen LogP contribution in [0.3, 0.4) is 0 Å². The van der Waals surface area contributed by atoms with Crippen molar-refractivity contribution >= 4 is 34.7 Å². The Morgan fingerprint density at radius 3 is 2.64 bits per heavy atom. The predicted molar refractivity (Wildman–Crippen MR) is 92.3 cm³/mol. The van der Waals surface area contributed by atoms with Crippen molar-refractivity contribution in [1.82, 2.24) is 0 Å². The average molecular weight is 316 g/mol. The van der Waals surface area contributed by atoms with Crippen LogP contribution in [0.1, 0.15) is 21.5 Å². The Hall–Kier alpha value is -2.33. The summed E-state index contributed by atoms with van der Waals surface area (Å²) in [5.74, 6) is 0.163. The maximum atomic E-state index is 12.5. The van der Waals surface area contributed by atoms with Crippen LogP contribution in [0, 0.1) is 13.8 Å². The molecule has 4 nitrogen and oxygen atoms in total. The summed E-state index contributed by atoms with van der Waals surface area (Å²) in [5, 5.41) is 2.92. The molecule has 2 aromatic carbocycles. The summed E-state index contributed by atoms with van der Waals surface area (Å²) in [6.07, 6.45) is 0. The minimum Gasteiger partial charge on any atom is -0.386 e. The van der Waals surface area contributed by atoms with Gasteiger partial charge in [0.2, 0.25) is 0 Å². The van der Waals surface area contributed by atoms with Crippen LogP contribution in [0.15, 0.2) is 47.5 Å². The maximum absolute atomic E-state index is 12.5. The van der Waals surface area contributed by atoms with E-state index in [1.54, 1.807) is 24.3 Å². The van der Waals surface area contributed by atoms with Gasteiger partial charge in [-0.05, 0) is 43.2 Å². The highest BCUT2D eigenvalue weighted by Gasteiger charge is 2.12. The lowest BCUT2D eigenvalue weighted by atomic mass is 10.1. The van der Waals surface area contributed by atoms with Gasteiger partial charge in [-0.15, -0.1) is 11.6 Å². The van der Waals surface area contributed by atoms with E-state index in [4.69, 9.17) is 17.3 Å². The number of hydrogen-bond donors (Lipinski definition) is 2. The number of nitrogens with one attached hydrogen (secondary N) is 1. The Balaban J connectivity index is 2.32. The van der Waals surface area contributed by atoms with Crippen LogP contribution in [0.2, 0.25) is 0 Å². The van der Waals surface area contributed by atoms with Gasteiger partial charge in [0.05, 0.1) is 17.1 Å². The molecule has 0 saturated carbocycles. The molecule has 3 N–H and O–H groups in total. The van der Waals surface area contributed by atoms with Crippen molar-refractivity contribution in [1.29, 1.82) is 0 Å². The normalized spacial score (nSPS) is 11.3. The number of aliphatic imine (C=N–C) groups is 1. The number of carbonyl (C=O) groups excluding carboxylic acids is 1. The molecule has 1 amide bonds. The standard InChI is InChI=1S/C17H18ClN3O/c1-11-6-5-9-14(12(11)2)21-17(22)13-7-3-4-8-15(13)20-16(19)10-18/h3-9H,10H2,1-2H3,(H2,19,20)(H,21,22). The van der Waals surface area contributed by atoms with Crippen molar-refractivity contribution in [2.45, 2.75) is 13.8 Å². The SMILES string of the molecule is Cc1cccc(NC(=O)c2ccccc2N=C(N)CCl)c1C. The number of amidine groups is 1. The molecule has 0 aliphatic heterocycles. The van der Waals surface area contributed by atoms with Crippen LogP contribution >= 0.6 is 11.6 Å². The third kappa shape index (κ3) is 3.65. The maximum Gasteiger partial charge on any atom is 0.257 e. The highest BCUT2D eigenvalue weighted by atomic mass is 35.5. The summed E-state index contributed by atoms with van der Waals surface area (Å²) in [7, 11) is 0. The molecule has 0 spiro atoms. The number of aryl methyl sites for hydroxylation is 1. The fourth-order valence-corrected chi connectivity index (χ4v) is 2.08. The van der Waals surface area contributed by atoms with Gasteiger partial charge in [0.15, 0.2) is 0 Å². The van der Waals surface area contributed by atoms with Crippen molar-refractivity contribution in [3.05, 3.63) is 59.2 Å². The van der Waals surface area contributed by atoms with Crippen LogP contribution in [0.4, 0.5) is 11.4 Å². The van der Waals surface area contributed by atoms with Gasteiger partial charge in [0.25, 0.3) is 5.91 Å². The summed E-state index contributed by atoms with van der Waals surface area (Å²) in [6.45, 7) is 3.98. The van der Waals surface area contributed by atoms with Crippen molar-refractivity contribution in [3.8, 4) is 0 Å². The number of nitrogens with two attached hydrogens (primary N) is 1. The first-order valence-corrected chi connectivity index (χ1v) is 7.42. The second kappa shape index (κ2) is 7.09. The van der Waals surface area contributed by atoms with Crippen LogP contribution in [-0.4, -0.2) is 17.6 Å². The van der Waals surface area contributed by atoms with Crippen molar-refractivity contribution < 1.29 is 4.79 Å². The average Bonchev–Trinajstić information content (AvgIpc) is 2.52. The van der Waals surface area contributed by atoms with E-state index in [2.05, 4.69) is 10.3 Å². The molecule has 0 aliphatic rings. The number of halogens is 1. The Bertz CT molecular complexity index is 726. The zero-order valence-electron chi connectivity index (χ0n) is 12.6. The van der Waals surface area contributed by atoms with Gasteiger partial charge < -0.3 is 11.1 Å². The molecule has 0 fully saturated rings. The fourth-order valence-electron chi connectivity index (χ4n) is 2.02. The minimum atomic E-state index is -0.226. The summed E-state index contributed by atoms with van der Waals surface area (Å²) >= 11 is 5.65. The molecule has 0 aliphatic carbocycles.